The van der Waals surface area contributed by atoms with Gasteiger partial charge in [-0.05, 0) is 45.4 Å². The van der Waals surface area contributed by atoms with Gasteiger partial charge in [-0.2, -0.15) is 0 Å². The molecule has 3 heteroatoms. The van der Waals surface area contributed by atoms with Crippen LogP contribution in [0.5, 0.6) is 0 Å². The fraction of sp³-hybridized carbons (Fsp3) is 0.647. The van der Waals surface area contributed by atoms with Gasteiger partial charge in [0.05, 0.1) is 0 Å². The zero-order valence-corrected chi connectivity index (χ0v) is 13.1. The van der Waals surface area contributed by atoms with E-state index in [1.165, 1.54) is 6.92 Å². The minimum atomic E-state index is -0.845. The van der Waals surface area contributed by atoms with E-state index in [4.69, 9.17) is 4.74 Å². The molecule has 0 spiro atoms. The molecule has 0 saturated carbocycles. The van der Waals surface area contributed by atoms with E-state index in [1.807, 2.05) is 13.0 Å². The zero-order chi connectivity index (χ0) is 15.1. The third-order valence-electron chi connectivity index (χ3n) is 4.68. The summed E-state index contributed by atoms with van der Waals surface area (Å²) in [6, 6.07) is 0. The highest BCUT2D eigenvalue weighted by molar-refractivity contribution is 6.02. The number of rotatable bonds is 2. The van der Waals surface area contributed by atoms with Crippen LogP contribution in [0.2, 0.25) is 0 Å². The van der Waals surface area contributed by atoms with E-state index < -0.39 is 5.60 Å². The summed E-state index contributed by atoms with van der Waals surface area (Å²) in [7, 11) is 0. The summed E-state index contributed by atoms with van der Waals surface area (Å²) in [5.74, 6) is -0.294. The molecule has 3 nitrogen and oxygen atoms in total. The first-order valence-electron chi connectivity index (χ1n) is 7.28. The molecule has 0 aliphatic heterocycles. The summed E-state index contributed by atoms with van der Waals surface area (Å²) < 4.78 is 5.35. The first kappa shape index (κ1) is 15.0. The number of carbonyl (C=O) groups excluding carboxylic acids is 2. The molecule has 0 saturated heterocycles. The van der Waals surface area contributed by atoms with E-state index >= 15 is 0 Å². The van der Waals surface area contributed by atoms with Crippen molar-refractivity contribution in [3.05, 3.63) is 23.3 Å². The smallest absolute Gasteiger partial charge is 0.303 e. The van der Waals surface area contributed by atoms with Gasteiger partial charge in [-0.1, -0.05) is 24.6 Å². The quantitative estimate of drug-likeness (QED) is 0.572. The maximum Gasteiger partial charge on any atom is 0.303 e. The zero-order valence-electron chi connectivity index (χ0n) is 13.1. The molecule has 0 aromatic heterocycles. The van der Waals surface area contributed by atoms with Crippen LogP contribution in [-0.4, -0.2) is 17.4 Å². The van der Waals surface area contributed by atoms with Gasteiger partial charge in [-0.25, -0.2) is 0 Å². The van der Waals surface area contributed by atoms with Gasteiger partial charge in [0, 0.05) is 18.4 Å². The average Bonchev–Trinajstić information content (AvgIpc) is 2.25. The van der Waals surface area contributed by atoms with Crippen molar-refractivity contribution < 1.29 is 14.3 Å². The van der Waals surface area contributed by atoms with Crippen molar-refractivity contribution in [2.24, 2.45) is 11.3 Å². The predicted octanol–water partition coefficient (Wildman–Crippen LogP) is 3.59. The Labute approximate surface area is 121 Å². The summed E-state index contributed by atoms with van der Waals surface area (Å²) in [5.41, 5.74) is 0.978. The number of fused-ring (bicyclic) bond motifs is 1. The van der Waals surface area contributed by atoms with E-state index in [2.05, 4.69) is 13.0 Å². The van der Waals surface area contributed by atoms with Crippen LogP contribution in [0.3, 0.4) is 0 Å². The van der Waals surface area contributed by atoms with Crippen molar-refractivity contribution in [3.8, 4) is 0 Å². The Balaban J connectivity index is 2.38. The maximum atomic E-state index is 12.9. The van der Waals surface area contributed by atoms with Crippen molar-refractivity contribution in [2.45, 2.75) is 59.5 Å². The SMILES string of the molecule is CC(=O)OC(C)(C)C1=CC[C@@]2(C)CCC=C(C)[C@H]2C1=O. The van der Waals surface area contributed by atoms with Crippen LogP contribution >= 0.6 is 0 Å². The number of hydrogen-bond acceptors (Lipinski definition) is 3. The highest BCUT2D eigenvalue weighted by Crippen LogP contribution is 2.49. The summed E-state index contributed by atoms with van der Waals surface area (Å²) in [6.07, 6.45) is 7.11. The molecule has 0 radical (unpaired) electrons. The number of ketones is 1. The van der Waals surface area contributed by atoms with Crippen LogP contribution in [0, 0.1) is 11.3 Å². The lowest BCUT2D eigenvalue weighted by atomic mass is 9.59. The molecule has 0 bridgehead atoms. The van der Waals surface area contributed by atoms with E-state index in [1.54, 1.807) is 13.8 Å². The molecular formula is C17H24O3. The average molecular weight is 276 g/mol. The first-order chi connectivity index (χ1) is 9.17. The Morgan fingerprint density at radius 2 is 2.05 bits per heavy atom. The molecule has 0 aromatic carbocycles. The number of ether oxygens (including phenoxy) is 1. The molecule has 0 aromatic rings. The number of esters is 1. The topological polar surface area (TPSA) is 43.4 Å². The van der Waals surface area contributed by atoms with Crippen molar-refractivity contribution in [1.82, 2.24) is 0 Å². The van der Waals surface area contributed by atoms with Crippen LogP contribution < -0.4 is 0 Å². The van der Waals surface area contributed by atoms with Gasteiger partial charge < -0.3 is 4.74 Å². The number of allylic oxidation sites excluding steroid dienone is 3. The third kappa shape index (κ3) is 2.46. The summed E-state index contributed by atoms with van der Waals surface area (Å²) >= 11 is 0. The van der Waals surface area contributed by atoms with Crippen molar-refractivity contribution >= 4 is 11.8 Å². The van der Waals surface area contributed by atoms with Gasteiger partial charge in [-0.3, -0.25) is 9.59 Å². The van der Waals surface area contributed by atoms with Crippen LogP contribution in [0.25, 0.3) is 0 Å². The second-order valence-corrected chi connectivity index (χ2v) is 6.86. The molecule has 2 rings (SSSR count). The Bertz CT molecular complexity index is 510. The largest absolute Gasteiger partial charge is 0.455 e. The summed E-state index contributed by atoms with van der Waals surface area (Å²) in [5, 5.41) is 0. The molecule has 0 heterocycles. The summed E-state index contributed by atoms with van der Waals surface area (Å²) in [4.78, 5) is 24.1. The molecule has 0 fully saturated rings. The number of carbonyl (C=O) groups is 2. The molecular weight excluding hydrogens is 252 g/mol. The van der Waals surface area contributed by atoms with E-state index in [9.17, 15) is 9.59 Å². The molecule has 2 aliphatic rings. The lowest BCUT2D eigenvalue weighted by molar-refractivity contribution is -0.151. The molecule has 2 atom stereocenters. The molecule has 0 unspecified atom stereocenters. The van der Waals surface area contributed by atoms with Crippen LogP contribution in [0.15, 0.2) is 23.3 Å². The fourth-order valence-electron chi connectivity index (χ4n) is 3.73. The molecule has 0 amide bonds. The molecule has 2 aliphatic carbocycles. The first-order valence-corrected chi connectivity index (χ1v) is 7.28. The molecule has 0 N–H and O–H groups in total. The monoisotopic (exact) mass is 276 g/mol. The minimum absolute atomic E-state index is 0.0196. The maximum absolute atomic E-state index is 12.9. The van der Waals surface area contributed by atoms with Crippen LogP contribution in [0.4, 0.5) is 0 Å². The molecule has 110 valence electrons. The van der Waals surface area contributed by atoms with Gasteiger partial charge in [0.1, 0.15) is 5.60 Å². The van der Waals surface area contributed by atoms with Gasteiger partial charge in [0.2, 0.25) is 0 Å². The Kier molecular flexibility index (Phi) is 3.66. The minimum Gasteiger partial charge on any atom is -0.455 e. The second-order valence-electron chi connectivity index (χ2n) is 6.86. The number of Topliss-reactive ketones (excluding diaryl/α,β-unsaturated/α-hetero) is 1. The van der Waals surface area contributed by atoms with E-state index in [-0.39, 0.29) is 23.1 Å². The van der Waals surface area contributed by atoms with Crippen molar-refractivity contribution in [1.29, 1.82) is 0 Å². The lowest BCUT2D eigenvalue weighted by Crippen LogP contribution is -2.45. The highest BCUT2D eigenvalue weighted by Gasteiger charge is 2.48. The van der Waals surface area contributed by atoms with Crippen molar-refractivity contribution in [3.63, 3.8) is 0 Å². The van der Waals surface area contributed by atoms with Crippen molar-refractivity contribution in [2.75, 3.05) is 0 Å². The fourth-order valence-corrected chi connectivity index (χ4v) is 3.73. The second kappa shape index (κ2) is 4.87. The Hall–Kier alpha value is -1.38. The Morgan fingerprint density at radius 1 is 1.40 bits per heavy atom. The van der Waals surface area contributed by atoms with Crippen LogP contribution in [0.1, 0.15) is 53.9 Å². The van der Waals surface area contributed by atoms with E-state index in [0.717, 1.165) is 24.8 Å². The van der Waals surface area contributed by atoms with Gasteiger partial charge in [0.15, 0.2) is 5.78 Å². The van der Waals surface area contributed by atoms with Gasteiger partial charge in [0.25, 0.3) is 0 Å². The number of hydrogen-bond donors (Lipinski definition) is 0. The third-order valence-corrected chi connectivity index (χ3v) is 4.68. The molecule has 20 heavy (non-hydrogen) atoms. The van der Waals surface area contributed by atoms with Crippen LogP contribution in [-0.2, 0) is 14.3 Å². The predicted molar refractivity (Wildman–Crippen MR) is 78.1 cm³/mol. The summed E-state index contributed by atoms with van der Waals surface area (Å²) in [6.45, 7) is 9.21. The van der Waals surface area contributed by atoms with Gasteiger partial charge >= 0.3 is 5.97 Å². The standard InChI is InChI=1S/C17H24O3/c1-11-7-6-9-17(5)10-8-13(15(19)14(11)17)16(3,4)20-12(2)18/h7-8,14H,6,9-10H2,1-5H3/t14-,17+/m0/s1. The Morgan fingerprint density at radius 3 is 2.65 bits per heavy atom. The lowest BCUT2D eigenvalue weighted by Gasteiger charge is -2.45. The normalized spacial score (nSPS) is 30.2. The highest BCUT2D eigenvalue weighted by atomic mass is 16.6. The van der Waals surface area contributed by atoms with Gasteiger partial charge in [-0.15, -0.1) is 0 Å². The van der Waals surface area contributed by atoms with E-state index in [0.29, 0.717) is 5.57 Å².